The fourth-order valence-electron chi connectivity index (χ4n) is 1.43. The number of hydrogen-bond acceptors (Lipinski definition) is 3. The molecule has 1 heterocycles. The Bertz CT molecular complexity index is 544. The summed E-state index contributed by atoms with van der Waals surface area (Å²) in [5, 5.41) is 6.48. The summed E-state index contributed by atoms with van der Waals surface area (Å²) < 4.78 is 61.3. The van der Waals surface area contributed by atoms with Gasteiger partial charge in [0.15, 0.2) is 5.82 Å². The van der Waals surface area contributed by atoms with Crippen LogP contribution in [0.25, 0.3) is 0 Å². The van der Waals surface area contributed by atoms with E-state index in [1.165, 1.54) is 6.07 Å². The number of hydrogen-bond donors (Lipinski definition) is 2. The lowest BCUT2D eigenvalue weighted by Crippen LogP contribution is -2.19. The lowest BCUT2D eigenvalue weighted by Gasteiger charge is -2.14. The van der Waals surface area contributed by atoms with Crippen LogP contribution < -0.4 is 4.72 Å². The standard InChI is InChI=1S/C11H18F3N3O2S/c1-10(2,3)8-7-9(16-15-8)17-20(18,19)6-4-5-11(12,13)14/h7H,4-6H2,1-3H3,(H2,15,16,17). The third-order valence-electron chi connectivity index (χ3n) is 2.52. The molecule has 1 aromatic heterocycles. The highest BCUT2D eigenvalue weighted by Crippen LogP contribution is 2.23. The van der Waals surface area contributed by atoms with Gasteiger partial charge in [-0.2, -0.15) is 18.3 Å². The molecular formula is C11H18F3N3O2S. The van der Waals surface area contributed by atoms with Gasteiger partial charge in [0.25, 0.3) is 0 Å². The Kier molecular flexibility index (Phi) is 4.73. The normalized spacial score (nSPS) is 13.5. The van der Waals surface area contributed by atoms with Gasteiger partial charge in [-0.1, -0.05) is 20.8 Å². The summed E-state index contributed by atoms with van der Waals surface area (Å²) in [5.41, 5.74) is 0.498. The summed E-state index contributed by atoms with van der Waals surface area (Å²) in [4.78, 5) is 0. The molecule has 20 heavy (non-hydrogen) atoms. The number of halogens is 3. The number of rotatable bonds is 5. The maximum Gasteiger partial charge on any atom is 0.389 e. The van der Waals surface area contributed by atoms with E-state index in [4.69, 9.17) is 0 Å². The zero-order valence-electron chi connectivity index (χ0n) is 11.5. The first-order valence-electron chi connectivity index (χ1n) is 6.02. The highest BCUT2D eigenvalue weighted by molar-refractivity contribution is 7.92. The Morgan fingerprint density at radius 2 is 1.90 bits per heavy atom. The minimum absolute atomic E-state index is 0.0851. The first kappa shape index (κ1) is 16.8. The molecule has 0 atom stereocenters. The minimum Gasteiger partial charge on any atom is -0.280 e. The SMILES string of the molecule is CC(C)(C)c1cc(NS(=O)(=O)CCCC(F)(F)F)n[nH]1. The Morgan fingerprint density at radius 1 is 1.30 bits per heavy atom. The van der Waals surface area contributed by atoms with Crippen molar-refractivity contribution in [1.82, 2.24) is 10.2 Å². The van der Waals surface area contributed by atoms with Gasteiger partial charge in [-0.25, -0.2) is 8.42 Å². The Morgan fingerprint density at radius 3 is 2.35 bits per heavy atom. The molecule has 0 amide bonds. The maximum atomic E-state index is 12.0. The van der Waals surface area contributed by atoms with E-state index in [1.807, 2.05) is 20.8 Å². The summed E-state index contributed by atoms with van der Waals surface area (Å²) in [7, 11) is -3.82. The summed E-state index contributed by atoms with van der Waals surface area (Å²) in [6.07, 6.45) is -5.95. The van der Waals surface area contributed by atoms with Crippen LogP contribution in [0.2, 0.25) is 0 Å². The van der Waals surface area contributed by atoms with E-state index in [9.17, 15) is 21.6 Å². The van der Waals surface area contributed by atoms with Gasteiger partial charge in [0.1, 0.15) is 0 Å². The third kappa shape index (κ3) is 5.81. The highest BCUT2D eigenvalue weighted by atomic mass is 32.2. The predicted octanol–water partition coefficient (Wildman–Crippen LogP) is 2.79. The van der Waals surface area contributed by atoms with E-state index in [2.05, 4.69) is 14.9 Å². The number of nitrogens with zero attached hydrogens (tertiary/aromatic N) is 1. The van der Waals surface area contributed by atoms with E-state index in [0.29, 0.717) is 0 Å². The van der Waals surface area contributed by atoms with Crippen LogP contribution in [0.3, 0.4) is 0 Å². The van der Waals surface area contributed by atoms with E-state index in [1.54, 1.807) is 0 Å². The van der Waals surface area contributed by atoms with Gasteiger partial charge >= 0.3 is 6.18 Å². The fourth-order valence-corrected chi connectivity index (χ4v) is 2.48. The zero-order chi connectivity index (χ0) is 15.6. The predicted molar refractivity (Wildman–Crippen MR) is 70.0 cm³/mol. The molecule has 0 aliphatic carbocycles. The summed E-state index contributed by atoms with van der Waals surface area (Å²) in [6.45, 7) is 5.76. The zero-order valence-corrected chi connectivity index (χ0v) is 12.3. The van der Waals surface area contributed by atoms with Gasteiger partial charge in [0.05, 0.1) is 5.75 Å². The molecule has 0 saturated heterocycles. The van der Waals surface area contributed by atoms with Crippen LogP contribution in [0, 0.1) is 0 Å². The molecule has 0 aromatic carbocycles. The molecule has 5 nitrogen and oxygen atoms in total. The molecule has 1 rings (SSSR count). The first-order valence-corrected chi connectivity index (χ1v) is 7.67. The Labute approximate surface area is 116 Å². The number of nitrogens with one attached hydrogen (secondary N) is 2. The van der Waals surface area contributed by atoms with Crippen LogP contribution in [0.1, 0.15) is 39.3 Å². The van der Waals surface area contributed by atoms with Crippen molar-refractivity contribution in [2.75, 3.05) is 10.5 Å². The van der Waals surface area contributed by atoms with Crippen LogP contribution in [0.15, 0.2) is 6.07 Å². The van der Waals surface area contributed by atoms with Crippen molar-refractivity contribution < 1.29 is 21.6 Å². The molecule has 9 heteroatoms. The second-order valence-electron chi connectivity index (χ2n) is 5.56. The van der Waals surface area contributed by atoms with Gasteiger partial charge < -0.3 is 0 Å². The lowest BCUT2D eigenvalue weighted by molar-refractivity contribution is -0.134. The fraction of sp³-hybridized carbons (Fsp3) is 0.727. The first-order chi connectivity index (χ1) is 8.89. The maximum absolute atomic E-state index is 12.0. The second kappa shape index (κ2) is 5.63. The number of H-pyrrole nitrogens is 1. The molecule has 0 aliphatic heterocycles. The molecule has 0 spiro atoms. The molecule has 2 N–H and O–H groups in total. The van der Waals surface area contributed by atoms with Crippen molar-refractivity contribution in [3.8, 4) is 0 Å². The Hall–Kier alpha value is -1.25. The quantitative estimate of drug-likeness (QED) is 0.877. The van der Waals surface area contributed by atoms with Gasteiger partial charge in [0.2, 0.25) is 10.0 Å². The monoisotopic (exact) mass is 313 g/mol. The van der Waals surface area contributed by atoms with Crippen molar-refractivity contribution in [2.24, 2.45) is 0 Å². The molecule has 0 unspecified atom stereocenters. The number of aromatic nitrogens is 2. The van der Waals surface area contributed by atoms with Crippen molar-refractivity contribution in [3.05, 3.63) is 11.8 Å². The molecule has 116 valence electrons. The smallest absolute Gasteiger partial charge is 0.280 e. The topological polar surface area (TPSA) is 74.8 Å². The number of sulfonamides is 1. The average molecular weight is 313 g/mol. The van der Waals surface area contributed by atoms with E-state index >= 15 is 0 Å². The molecule has 0 aliphatic rings. The molecular weight excluding hydrogens is 295 g/mol. The number of aromatic amines is 1. The van der Waals surface area contributed by atoms with E-state index in [0.717, 1.165) is 5.69 Å². The molecule has 0 fully saturated rings. The Balaban J connectivity index is 2.61. The van der Waals surface area contributed by atoms with Crippen LogP contribution >= 0.6 is 0 Å². The van der Waals surface area contributed by atoms with Crippen LogP contribution in [0.4, 0.5) is 19.0 Å². The molecule has 1 aromatic rings. The van der Waals surface area contributed by atoms with Gasteiger partial charge in [-0.3, -0.25) is 9.82 Å². The summed E-state index contributed by atoms with van der Waals surface area (Å²) in [6, 6.07) is 1.53. The highest BCUT2D eigenvalue weighted by Gasteiger charge is 2.27. The van der Waals surface area contributed by atoms with Crippen LogP contribution in [-0.4, -0.2) is 30.5 Å². The van der Waals surface area contributed by atoms with Crippen molar-refractivity contribution in [1.29, 1.82) is 0 Å². The second-order valence-corrected chi connectivity index (χ2v) is 7.40. The average Bonchev–Trinajstić information content (AvgIpc) is 2.61. The van der Waals surface area contributed by atoms with Crippen LogP contribution in [0.5, 0.6) is 0 Å². The van der Waals surface area contributed by atoms with Crippen molar-refractivity contribution >= 4 is 15.8 Å². The van der Waals surface area contributed by atoms with Crippen molar-refractivity contribution in [2.45, 2.75) is 45.2 Å². The van der Waals surface area contributed by atoms with Gasteiger partial charge in [-0.05, 0) is 6.42 Å². The summed E-state index contributed by atoms with van der Waals surface area (Å²) in [5.74, 6) is -0.508. The number of alkyl halides is 3. The lowest BCUT2D eigenvalue weighted by atomic mass is 9.92. The van der Waals surface area contributed by atoms with Crippen LogP contribution in [-0.2, 0) is 15.4 Å². The number of anilines is 1. The molecule has 0 radical (unpaired) electrons. The van der Waals surface area contributed by atoms with Crippen molar-refractivity contribution in [3.63, 3.8) is 0 Å². The van der Waals surface area contributed by atoms with Gasteiger partial charge in [0, 0.05) is 23.6 Å². The van der Waals surface area contributed by atoms with Gasteiger partial charge in [-0.15, -0.1) is 0 Å². The molecule has 0 bridgehead atoms. The summed E-state index contributed by atoms with van der Waals surface area (Å²) >= 11 is 0. The minimum atomic E-state index is -4.35. The third-order valence-corrected chi connectivity index (χ3v) is 3.87. The largest absolute Gasteiger partial charge is 0.389 e. The van der Waals surface area contributed by atoms with E-state index < -0.39 is 34.8 Å². The van der Waals surface area contributed by atoms with E-state index in [-0.39, 0.29) is 11.2 Å². The molecule has 0 saturated carbocycles.